The van der Waals surface area contributed by atoms with Crippen molar-refractivity contribution in [3.8, 4) is 11.4 Å². The Morgan fingerprint density at radius 3 is 2.77 bits per heavy atom. The molecule has 8 nitrogen and oxygen atoms in total. The van der Waals surface area contributed by atoms with E-state index in [1.807, 2.05) is 31.2 Å². The zero-order valence-electron chi connectivity index (χ0n) is 14.8. The molecular formula is C17H22N4O4S. The number of rotatable bonds is 5. The first kappa shape index (κ1) is 18.5. The van der Waals surface area contributed by atoms with Crippen LogP contribution in [0.4, 0.5) is 0 Å². The van der Waals surface area contributed by atoms with Crippen LogP contribution in [0.25, 0.3) is 11.4 Å². The van der Waals surface area contributed by atoms with Crippen LogP contribution in [0.2, 0.25) is 0 Å². The van der Waals surface area contributed by atoms with Crippen molar-refractivity contribution in [3.05, 3.63) is 35.7 Å². The first-order valence-electron chi connectivity index (χ1n) is 8.45. The number of amides is 1. The second-order valence-electron chi connectivity index (χ2n) is 6.56. The molecule has 1 aromatic carbocycles. The van der Waals surface area contributed by atoms with Gasteiger partial charge in [-0.1, -0.05) is 35.0 Å². The highest BCUT2D eigenvalue weighted by atomic mass is 32.2. The Bertz CT molecular complexity index is 876. The van der Waals surface area contributed by atoms with Crippen LogP contribution in [0.5, 0.6) is 0 Å². The third-order valence-corrected chi connectivity index (χ3v) is 5.69. The standard InChI is InChI=1S/C17H22N4O4S/c1-12-5-7-13(8-6-12)16-19-15(25-20-16)10-18-17(22)14-4-3-9-21(11-14)26(2,23)24/h5-8,14H,3-4,9-11H2,1-2H3,(H,18,22)/t14-/m1/s1. The highest BCUT2D eigenvalue weighted by Crippen LogP contribution is 2.19. The van der Waals surface area contributed by atoms with Crippen LogP contribution in [0.3, 0.4) is 0 Å². The van der Waals surface area contributed by atoms with Crippen molar-refractivity contribution in [1.82, 2.24) is 19.8 Å². The van der Waals surface area contributed by atoms with Crippen molar-refractivity contribution in [2.45, 2.75) is 26.3 Å². The maximum absolute atomic E-state index is 12.3. The van der Waals surface area contributed by atoms with Crippen molar-refractivity contribution < 1.29 is 17.7 Å². The predicted molar refractivity (Wildman–Crippen MR) is 95.5 cm³/mol. The Kier molecular flexibility index (Phi) is 5.38. The quantitative estimate of drug-likeness (QED) is 0.841. The van der Waals surface area contributed by atoms with Crippen molar-refractivity contribution in [3.63, 3.8) is 0 Å². The first-order valence-corrected chi connectivity index (χ1v) is 10.3. The molecule has 140 valence electrons. The van der Waals surface area contributed by atoms with Crippen LogP contribution in [0.1, 0.15) is 24.3 Å². The van der Waals surface area contributed by atoms with Crippen LogP contribution < -0.4 is 5.32 Å². The molecule has 0 radical (unpaired) electrons. The van der Waals surface area contributed by atoms with Crippen molar-refractivity contribution in [2.24, 2.45) is 5.92 Å². The molecule has 26 heavy (non-hydrogen) atoms. The summed E-state index contributed by atoms with van der Waals surface area (Å²) in [5, 5.41) is 6.68. The molecule has 0 bridgehead atoms. The SMILES string of the molecule is Cc1ccc(-c2noc(CNC(=O)[C@@H]3CCCN(S(C)(=O)=O)C3)n2)cc1. The van der Waals surface area contributed by atoms with Gasteiger partial charge >= 0.3 is 0 Å². The highest BCUT2D eigenvalue weighted by Gasteiger charge is 2.30. The Morgan fingerprint density at radius 2 is 2.08 bits per heavy atom. The maximum Gasteiger partial charge on any atom is 0.246 e. The highest BCUT2D eigenvalue weighted by molar-refractivity contribution is 7.88. The van der Waals surface area contributed by atoms with Gasteiger partial charge in [-0.3, -0.25) is 4.79 Å². The molecule has 3 rings (SSSR count). The van der Waals surface area contributed by atoms with Gasteiger partial charge < -0.3 is 9.84 Å². The van der Waals surface area contributed by atoms with Gasteiger partial charge in [0.1, 0.15) is 0 Å². The lowest BCUT2D eigenvalue weighted by atomic mass is 9.99. The summed E-state index contributed by atoms with van der Waals surface area (Å²) in [5.74, 6) is 0.214. The van der Waals surface area contributed by atoms with E-state index in [1.54, 1.807) is 0 Å². The summed E-state index contributed by atoms with van der Waals surface area (Å²) in [6, 6.07) is 7.74. The predicted octanol–water partition coefficient (Wildman–Crippen LogP) is 1.33. The van der Waals surface area contributed by atoms with Crippen molar-refractivity contribution in [1.29, 1.82) is 0 Å². The summed E-state index contributed by atoms with van der Waals surface area (Å²) in [6.45, 7) is 2.79. The van der Waals surface area contributed by atoms with Gasteiger partial charge in [0.25, 0.3) is 0 Å². The number of nitrogens with zero attached hydrogens (tertiary/aromatic N) is 3. The normalized spacial score (nSPS) is 18.6. The first-order chi connectivity index (χ1) is 12.3. The zero-order valence-corrected chi connectivity index (χ0v) is 15.6. The topological polar surface area (TPSA) is 105 Å². The fraction of sp³-hybridized carbons (Fsp3) is 0.471. The molecule has 0 spiro atoms. The molecule has 1 amide bonds. The molecule has 9 heteroatoms. The second-order valence-corrected chi connectivity index (χ2v) is 8.54. The summed E-state index contributed by atoms with van der Waals surface area (Å²) in [4.78, 5) is 16.6. The summed E-state index contributed by atoms with van der Waals surface area (Å²) in [7, 11) is -3.28. The third-order valence-electron chi connectivity index (χ3n) is 4.42. The maximum atomic E-state index is 12.3. The Morgan fingerprint density at radius 1 is 1.35 bits per heavy atom. The van der Waals surface area contributed by atoms with E-state index < -0.39 is 10.0 Å². The molecule has 1 saturated heterocycles. The number of sulfonamides is 1. The smallest absolute Gasteiger partial charge is 0.246 e. The van der Waals surface area contributed by atoms with Crippen molar-refractivity contribution >= 4 is 15.9 Å². The number of carbonyl (C=O) groups is 1. The molecule has 1 aliphatic heterocycles. The lowest BCUT2D eigenvalue weighted by Crippen LogP contribution is -2.44. The molecule has 0 saturated carbocycles. The van der Waals surface area contributed by atoms with E-state index in [4.69, 9.17) is 4.52 Å². The minimum Gasteiger partial charge on any atom is -0.347 e. The molecule has 1 N–H and O–H groups in total. The summed E-state index contributed by atoms with van der Waals surface area (Å²) in [5.41, 5.74) is 1.98. The van der Waals surface area contributed by atoms with Crippen LogP contribution in [-0.2, 0) is 21.4 Å². The molecule has 1 atom stereocenters. The van der Waals surface area contributed by atoms with E-state index in [-0.39, 0.29) is 24.9 Å². The van der Waals surface area contributed by atoms with Crippen LogP contribution in [0, 0.1) is 12.8 Å². The van der Waals surface area contributed by atoms with E-state index in [0.717, 1.165) is 11.1 Å². The Balaban J connectivity index is 1.57. The average Bonchev–Trinajstić information content (AvgIpc) is 3.08. The van der Waals surface area contributed by atoms with Gasteiger partial charge in [0.15, 0.2) is 0 Å². The van der Waals surface area contributed by atoms with Crippen LogP contribution in [-0.4, -0.2) is 48.1 Å². The second kappa shape index (κ2) is 7.55. The minimum absolute atomic E-state index is 0.118. The largest absolute Gasteiger partial charge is 0.347 e. The average molecular weight is 378 g/mol. The van der Waals surface area contributed by atoms with Gasteiger partial charge in [-0.2, -0.15) is 4.98 Å². The number of piperidine rings is 1. The van der Waals surface area contributed by atoms with Crippen LogP contribution in [0.15, 0.2) is 28.8 Å². The lowest BCUT2D eigenvalue weighted by molar-refractivity contribution is -0.126. The zero-order chi connectivity index (χ0) is 18.7. The molecule has 1 fully saturated rings. The third kappa shape index (κ3) is 4.47. The minimum atomic E-state index is -3.28. The van der Waals surface area contributed by atoms with E-state index in [0.29, 0.717) is 31.1 Å². The van der Waals surface area contributed by atoms with Gasteiger partial charge in [-0.15, -0.1) is 0 Å². The Labute approximate surface area is 152 Å². The van der Waals surface area contributed by atoms with E-state index >= 15 is 0 Å². The van der Waals surface area contributed by atoms with Gasteiger partial charge in [0.05, 0.1) is 18.7 Å². The summed E-state index contributed by atoms with van der Waals surface area (Å²) >= 11 is 0. The molecular weight excluding hydrogens is 356 g/mol. The number of benzene rings is 1. The number of aryl methyl sites for hydroxylation is 1. The molecule has 0 unspecified atom stereocenters. The monoisotopic (exact) mass is 378 g/mol. The fourth-order valence-corrected chi connectivity index (χ4v) is 3.82. The van der Waals surface area contributed by atoms with E-state index in [2.05, 4.69) is 15.5 Å². The summed E-state index contributed by atoms with van der Waals surface area (Å²) in [6.07, 6.45) is 2.50. The molecule has 1 aromatic heterocycles. The van der Waals surface area contributed by atoms with Gasteiger partial charge in [0, 0.05) is 18.7 Å². The number of hydrogen-bond acceptors (Lipinski definition) is 6. The van der Waals surface area contributed by atoms with Crippen molar-refractivity contribution in [2.75, 3.05) is 19.3 Å². The molecule has 2 aromatic rings. The number of nitrogens with one attached hydrogen (secondary N) is 1. The molecule has 2 heterocycles. The van der Waals surface area contributed by atoms with E-state index in [1.165, 1.54) is 10.6 Å². The van der Waals surface area contributed by atoms with Gasteiger partial charge in [-0.25, -0.2) is 12.7 Å². The number of hydrogen-bond donors (Lipinski definition) is 1. The molecule has 1 aliphatic rings. The van der Waals surface area contributed by atoms with Gasteiger partial charge in [0.2, 0.25) is 27.6 Å². The number of carbonyl (C=O) groups excluding carboxylic acids is 1. The van der Waals surface area contributed by atoms with E-state index in [9.17, 15) is 13.2 Å². The fourth-order valence-electron chi connectivity index (χ4n) is 2.91. The lowest BCUT2D eigenvalue weighted by Gasteiger charge is -2.29. The Hall–Kier alpha value is -2.26. The van der Waals surface area contributed by atoms with Crippen LogP contribution >= 0.6 is 0 Å². The number of aromatic nitrogens is 2. The van der Waals surface area contributed by atoms with Gasteiger partial charge in [-0.05, 0) is 19.8 Å². The molecule has 0 aliphatic carbocycles. The summed E-state index contributed by atoms with van der Waals surface area (Å²) < 4.78 is 29.8.